The molecule has 1 heterocycles. The Hall–Kier alpha value is -2.07. The second-order valence-corrected chi connectivity index (χ2v) is 8.33. The fraction of sp³-hybridized carbons (Fsp3) is 0.308. The van der Waals surface area contributed by atoms with Crippen LogP contribution in [-0.2, 0) is 9.53 Å². The lowest BCUT2D eigenvalue weighted by Crippen LogP contribution is -2.39. The molecule has 0 radical (unpaired) electrons. The number of hydrogen-bond donors (Lipinski definition) is 2. The van der Waals surface area contributed by atoms with Crippen LogP contribution in [0.15, 0.2) is 39.8 Å². The van der Waals surface area contributed by atoms with Gasteiger partial charge in [0.25, 0.3) is 0 Å². The van der Waals surface area contributed by atoms with Crippen molar-refractivity contribution in [1.29, 1.82) is 0 Å². The van der Waals surface area contributed by atoms with Gasteiger partial charge in [0.2, 0.25) is 0 Å². The van der Waals surface area contributed by atoms with Crippen LogP contribution >= 0.6 is 0 Å². The number of aryl methyl sites for hydroxylation is 1. The lowest BCUT2D eigenvalue weighted by Gasteiger charge is -2.39. The average molecular weight is 352 g/mol. The van der Waals surface area contributed by atoms with E-state index in [-0.39, 0.29) is 16.5 Å². The topological polar surface area (TPSA) is 84.6 Å². The zero-order chi connectivity index (χ0) is 17.3. The minimum Gasteiger partial charge on any atom is -0.484 e. The van der Waals surface area contributed by atoms with E-state index in [4.69, 9.17) is 4.52 Å². The Bertz CT molecular complexity index is 749. The minimum absolute atomic E-state index is 0.0259. The number of aromatic nitrogens is 1. The van der Waals surface area contributed by atoms with Gasteiger partial charge in [0.1, 0.15) is 11.5 Å². The summed E-state index contributed by atoms with van der Waals surface area (Å²) in [5.41, 5.74) is 0. The molecule has 0 saturated carbocycles. The highest BCUT2D eigenvalue weighted by Gasteiger charge is 2.29. The first-order chi connectivity index (χ1) is 10.4. The molecule has 2 rings (SSSR count). The number of benzene rings is 1. The van der Waals surface area contributed by atoms with Gasteiger partial charge in [-0.25, -0.2) is 0 Å². The first kappa shape index (κ1) is 17.3. The van der Waals surface area contributed by atoms with Crippen LogP contribution in [0.25, 0.3) is 0 Å². The predicted molar refractivity (Wildman–Crippen MR) is 77.8 cm³/mol. The van der Waals surface area contributed by atoms with Crippen molar-refractivity contribution in [2.24, 2.45) is 0 Å². The van der Waals surface area contributed by atoms with Crippen molar-refractivity contribution in [2.45, 2.75) is 18.0 Å². The van der Waals surface area contributed by atoms with Gasteiger partial charge in [-0.3, -0.25) is 9.27 Å². The highest BCUT2D eigenvalue weighted by Crippen LogP contribution is 2.32. The second-order valence-electron chi connectivity index (χ2n) is 5.08. The first-order valence-corrected chi connectivity index (χ1v) is 8.67. The normalized spacial score (nSPS) is 14.1. The Morgan fingerprint density at radius 3 is 2.43 bits per heavy atom. The van der Waals surface area contributed by atoms with Crippen molar-refractivity contribution in [3.05, 3.63) is 36.1 Å². The lowest BCUT2D eigenvalue weighted by molar-refractivity contribution is -0.153. The summed E-state index contributed by atoms with van der Waals surface area (Å²) < 4.78 is 71.1. The molecule has 23 heavy (non-hydrogen) atoms. The summed E-state index contributed by atoms with van der Waals surface area (Å²) in [4.78, 5) is -0.0259. The number of nitrogens with one attached hydrogen (secondary N) is 1. The van der Waals surface area contributed by atoms with Gasteiger partial charge in [-0.05, 0) is 31.2 Å². The van der Waals surface area contributed by atoms with E-state index in [0.29, 0.717) is 5.76 Å². The highest BCUT2D eigenvalue weighted by atomic mass is 32.3. The molecule has 0 spiro atoms. The molecular formula is C13H15F3N2O4S. The fourth-order valence-electron chi connectivity index (χ4n) is 1.74. The maximum Gasteiger partial charge on any atom is 0.422 e. The zero-order valence-corrected chi connectivity index (χ0v) is 13.1. The van der Waals surface area contributed by atoms with Gasteiger partial charge < -0.3 is 9.26 Å². The highest BCUT2D eigenvalue weighted by molar-refractivity contribution is 8.15. The van der Waals surface area contributed by atoms with Gasteiger partial charge in [-0.15, -0.1) is 9.53 Å². The van der Waals surface area contributed by atoms with Gasteiger partial charge in [0.15, 0.2) is 12.4 Å². The van der Waals surface area contributed by atoms with E-state index in [1.54, 1.807) is 6.92 Å². The molecule has 2 aromatic rings. The summed E-state index contributed by atoms with van der Waals surface area (Å²) in [7, 11) is -4.50. The van der Waals surface area contributed by atoms with Crippen LogP contribution in [-0.4, -0.2) is 33.0 Å². The van der Waals surface area contributed by atoms with Crippen LogP contribution in [0, 0.1) is 6.92 Å². The SMILES string of the molecule is Cc1cc(NS(C)(=O)(O)c2ccc(OCC(F)(F)F)cc2)no1. The van der Waals surface area contributed by atoms with E-state index in [0.717, 1.165) is 6.26 Å². The smallest absolute Gasteiger partial charge is 0.422 e. The number of hydrogen-bond acceptors (Lipinski definition) is 4. The molecule has 1 aromatic heterocycles. The molecule has 1 aromatic carbocycles. The molecule has 128 valence electrons. The standard InChI is InChI=1S/C13H15F3N2O4S/c1-9-7-12(17-22-9)18-23(2,19,20)11-5-3-10(4-6-11)21-8-13(14,15)16/h3-7H,8H2,1-2H3,(H2,17,18,19,20). The van der Waals surface area contributed by atoms with Gasteiger partial charge in [-0.1, -0.05) is 5.16 Å². The Morgan fingerprint density at radius 2 is 1.96 bits per heavy atom. The molecule has 6 nitrogen and oxygen atoms in total. The number of ether oxygens (including phenoxy) is 1. The van der Waals surface area contributed by atoms with Gasteiger partial charge >= 0.3 is 6.18 Å². The quantitative estimate of drug-likeness (QED) is 0.863. The molecule has 0 aliphatic rings. The molecular weight excluding hydrogens is 337 g/mol. The molecule has 0 aliphatic heterocycles. The molecule has 0 amide bonds. The summed E-state index contributed by atoms with van der Waals surface area (Å²) in [5, 5.41) is 3.58. The van der Waals surface area contributed by atoms with E-state index < -0.39 is 22.3 Å². The average Bonchev–Trinajstić information content (AvgIpc) is 2.80. The van der Waals surface area contributed by atoms with Crippen LogP contribution in [0.5, 0.6) is 5.75 Å². The van der Waals surface area contributed by atoms with Crippen LogP contribution < -0.4 is 9.46 Å². The zero-order valence-electron chi connectivity index (χ0n) is 12.3. The summed E-state index contributed by atoms with van der Waals surface area (Å²) in [6.07, 6.45) is -3.39. The largest absolute Gasteiger partial charge is 0.484 e. The van der Waals surface area contributed by atoms with Crippen LogP contribution in [0.1, 0.15) is 5.76 Å². The third-order valence-electron chi connectivity index (χ3n) is 2.75. The monoisotopic (exact) mass is 352 g/mol. The van der Waals surface area contributed by atoms with Crippen molar-refractivity contribution in [2.75, 3.05) is 17.6 Å². The predicted octanol–water partition coefficient (Wildman–Crippen LogP) is 3.23. The number of anilines is 1. The van der Waals surface area contributed by atoms with Crippen LogP contribution in [0.2, 0.25) is 0 Å². The van der Waals surface area contributed by atoms with Crippen LogP contribution in [0.3, 0.4) is 0 Å². The summed E-state index contributed by atoms with van der Waals surface area (Å²) in [5.74, 6) is 0.458. The third-order valence-corrected chi connectivity index (χ3v) is 4.83. The van der Waals surface area contributed by atoms with Crippen molar-refractivity contribution in [1.82, 2.24) is 5.16 Å². The Morgan fingerprint density at radius 1 is 1.35 bits per heavy atom. The van der Waals surface area contributed by atoms with Crippen molar-refractivity contribution in [3.8, 4) is 5.75 Å². The first-order valence-electron chi connectivity index (χ1n) is 6.34. The molecule has 0 saturated heterocycles. The van der Waals surface area contributed by atoms with E-state index >= 15 is 0 Å². The number of halogens is 3. The molecule has 0 fully saturated rings. The second kappa shape index (κ2) is 5.53. The maximum absolute atomic E-state index is 12.7. The van der Waals surface area contributed by atoms with Gasteiger partial charge in [0.05, 0.1) is 4.90 Å². The van der Waals surface area contributed by atoms with Crippen molar-refractivity contribution >= 4 is 15.4 Å². The Labute approximate surface area is 130 Å². The molecule has 10 heteroatoms. The molecule has 0 unspecified atom stereocenters. The summed E-state index contributed by atoms with van der Waals surface area (Å²) in [6, 6.07) is 6.23. The van der Waals surface area contributed by atoms with E-state index in [2.05, 4.69) is 14.6 Å². The fourth-order valence-corrected chi connectivity index (χ4v) is 3.23. The maximum atomic E-state index is 12.7. The van der Waals surface area contributed by atoms with E-state index in [1.807, 2.05) is 0 Å². The Balaban J connectivity index is 2.17. The molecule has 2 N–H and O–H groups in total. The Kier molecular flexibility index (Phi) is 4.16. The molecule has 0 bridgehead atoms. The minimum atomic E-state index is -4.50. The van der Waals surface area contributed by atoms with Crippen molar-refractivity contribution in [3.63, 3.8) is 0 Å². The van der Waals surface area contributed by atoms with E-state index in [9.17, 15) is 21.9 Å². The van der Waals surface area contributed by atoms with Crippen LogP contribution in [0.4, 0.5) is 19.0 Å². The summed E-state index contributed by atoms with van der Waals surface area (Å²) >= 11 is 0. The van der Waals surface area contributed by atoms with E-state index in [1.165, 1.54) is 30.3 Å². The van der Waals surface area contributed by atoms with Gasteiger partial charge in [-0.2, -0.15) is 17.4 Å². The number of alkyl halides is 3. The number of nitrogens with zero attached hydrogens (tertiary/aromatic N) is 1. The van der Waals surface area contributed by atoms with Gasteiger partial charge in [0, 0.05) is 12.3 Å². The third kappa shape index (κ3) is 4.70. The van der Waals surface area contributed by atoms with Crippen molar-refractivity contribution < 1.29 is 31.2 Å². The lowest BCUT2D eigenvalue weighted by atomic mass is 10.3. The summed E-state index contributed by atoms with van der Waals surface area (Å²) in [6.45, 7) is 0.183. The molecule has 0 aliphatic carbocycles. The number of rotatable bonds is 5. The molecule has 0 atom stereocenters.